The van der Waals surface area contributed by atoms with E-state index in [4.69, 9.17) is 27.9 Å². The first-order valence-corrected chi connectivity index (χ1v) is 10.2. The second-order valence-corrected chi connectivity index (χ2v) is 8.08. The van der Waals surface area contributed by atoms with E-state index in [0.29, 0.717) is 28.3 Å². The van der Waals surface area contributed by atoms with E-state index in [9.17, 15) is 9.59 Å². The number of rotatable bonds is 9. The Labute approximate surface area is 181 Å². The van der Waals surface area contributed by atoms with Crippen LogP contribution >= 0.6 is 23.2 Å². The maximum absolute atomic E-state index is 12.9. The first-order chi connectivity index (χ1) is 13.8. The van der Waals surface area contributed by atoms with Gasteiger partial charge < -0.3 is 15.0 Å². The number of benzene rings is 2. The quantitative estimate of drug-likeness (QED) is 0.626. The third kappa shape index (κ3) is 7.59. The smallest absolute Gasteiger partial charge is 0.261 e. The highest BCUT2D eigenvalue weighted by atomic mass is 35.5. The van der Waals surface area contributed by atoms with Crippen LogP contribution in [0, 0.1) is 5.92 Å². The number of nitrogens with one attached hydrogen (secondary N) is 1. The fraction of sp³-hybridized carbons (Fsp3) is 0.364. The molecule has 2 amide bonds. The normalized spacial score (nSPS) is 11.8. The average molecular weight is 437 g/mol. The van der Waals surface area contributed by atoms with Crippen molar-refractivity contribution in [2.45, 2.75) is 33.4 Å². The molecule has 0 radical (unpaired) electrons. The lowest BCUT2D eigenvalue weighted by Crippen LogP contribution is -2.49. The lowest BCUT2D eigenvalue weighted by molar-refractivity contribution is -0.142. The van der Waals surface area contributed by atoms with Gasteiger partial charge in [-0.2, -0.15) is 0 Å². The highest BCUT2D eigenvalue weighted by Gasteiger charge is 2.26. The van der Waals surface area contributed by atoms with Crippen molar-refractivity contribution in [2.24, 2.45) is 5.92 Å². The standard InChI is InChI=1S/C22H26Cl2N2O3/c1-15(2)12-25-22(28)16(3)26(13-17-7-9-18(23)10-8-17)21(27)14-29-20-6-4-5-19(24)11-20/h4-11,15-16H,12-14H2,1-3H3,(H,25,28)/t16-/m0/s1. The zero-order valence-corrected chi connectivity index (χ0v) is 18.3. The summed E-state index contributed by atoms with van der Waals surface area (Å²) in [5.74, 6) is 0.308. The monoisotopic (exact) mass is 436 g/mol. The molecule has 0 aromatic heterocycles. The predicted octanol–water partition coefficient (Wildman–Crippen LogP) is 4.56. The van der Waals surface area contributed by atoms with Gasteiger partial charge in [0.2, 0.25) is 5.91 Å². The Morgan fingerprint density at radius 3 is 2.34 bits per heavy atom. The van der Waals surface area contributed by atoms with E-state index in [1.54, 1.807) is 43.3 Å². The van der Waals surface area contributed by atoms with Crippen molar-refractivity contribution in [3.05, 3.63) is 64.1 Å². The summed E-state index contributed by atoms with van der Waals surface area (Å²) >= 11 is 11.9. The van der Waals surface area contributed by atoms with Crippen molar-refractivity contribution in [1.82, 2.24) is 10.2 Å². The molecule has 0 aliphatic carbocycles. The molecule has 5 nitrogen and oxygen atoms in total. The molecule has 0 spiro atoms. The molecule has 0 aliphatic heterocycles. The number of ether oxygens (including phenoxy) is 1. The van der Waals surface area contributed by atoms with Crippen LogP contribution in [0.15, 0.2) is 48.5 Å². The predicted molar refractivity (Wildman–Crippen MR) is 116 cm³/mol. The SMILES string of the molecule is CC(C)CNC(=O)[C@H](C)N(Cc1ccc(Cl)cc1)C(=O)COc1cccc(Cl)c1. The molecular weight excluding hydrogens is 411 g/mol. The summed E-state index contributed by atoms with van der Waals surface area (Å²) in [7, 11) is 0. The lowest BCUT2D eigenvalue weighted by atomic mass is 10.1. The van der Waals surface area contributed by atoms with Crippen LogP contribution in [0.1, 0.15) is 26.3 Å². The molecule has 0 saturated carbocycles. The Bertz CT molecular complexity index is 825. The number of halogens is 2. The first-order valence-electron chi connectivity index (χ1n) is 9.46. The third-order valence-corrected chi connectivity index (χ3v) is 4.76. The van der Waals surface area contributed by atoms with Crippen LogP contribution in [0.3, 0.4) is 0 Å². The van der Waals surface area contributed by atoms with Crippen molar-refractivity contribution in [2.75, 3.05) is 13.2 Å². The van der Waals surface area contributed by atoms with Crippen LogP contribution in [0.2, 0.25) is 10.0 Å². The summed E-state index contributed by atoms with van der Waals surface area (Å²) in [6.07, 6.45) is 0. The van der Waals surface area contributed by atoms with Crippen molar-refractivity contribution in [3.8, 4) is 5.75 Å². The lowest BCUT2D eigenvalue weighted by Gasteiger charge is -2.29. The van der Waals surface area contributed by atoms with Gasteiger partial charge >= 0.3 is 0 Å². The summed E-state index contributed by atoms with van der Waals surface area (Å²) in [5, 5.41) is 4.01. The van der Waals surface area contributed by atoms with E-state index in [-0.39, 0.29) is 25.0 Å². The second-order valence-electron chi connectivity index (χ2n) is 7.21. The van der Waals surface area contributed by atoms with Crippen LogP contribution < -0.4 is 10.1 Å². The second kappa shape index (κ2) is 11.1. The van der Waals surface area contributed by atoms with Crippen molar-refractivity contribution in [1.29, 1.82) is 0 Å². The highest BCUT2D eigenvalue weighted by molar-refractivity contribution is 6.30. The molecule has 0 aliphatic rings. The Kier molecular flexibility index (Phi) is 8.80. The van der Waals surface area contributed by atoms with Gasteiger partial charge in [0.25, 0.3) is 5.91 Å². The molecule has 2 aromatic carbocycles. The summed E-state index contributed by atoms with van der Waals surface area (Å²) in [5.41, 5.74) is 0.869. The van der Waals surface area contributed by atoms with Gasteiger partial charge in [-0.1, -0.05) is 55.2 Å². The summed E-state index contributed by atoms with van der Waals surface area (Å²) in [4.78, 5) is 27.0. The molecule has 156 valence electrons. The number of hydrogen-bond acceptors (Lipinski definition) is 3. The van der Waals surface area contributed by atoms with E-state index >= 15 is 0 Å². The van der Waals surface area contributed by atoms with E-state index in [2.05, 4.69) is 5.32 Å². The molecule has 29 heavy (non-hydrogen) atoms. The van der Waals surface area contributed by atoms with Gasteiger partial charge in [-0.3, -0.25) is 9.59 Å². The molecule has 0 bridgehead atoms. The van der Waals surface area contributed by atoms with Gasteiger partial charge in [-0.25, -0.2) is 0 Å². The average Bonchev–Trinajstić information content (AvgIpc) is 2.69. The third-order valence-electron chi connectivity index (χ3n) is 4.28. The fourth-order valence-corrected chi connectivity index (χ4v) is 2.91. The molecule has 0 saturated heterocycles. The van der Waals surface area contributed by atoms with Crippen LogP contribution in [-0.4, -0.2) is 35.9 Å². The van der Waals surface area contributed by atoms with Gasteiger partial charge in [-0.15, -0.1) is 0 Å². The molecule has 0 unspecified atom stereocenters. The number of nitrogens with zero attached hydrogens (tertiary/aromatic N) is 1. The van der Waals surface area contributed by atoms with Gasteiger partial charge in [0.05, 0.1) is 0 Å². The summed E-state index contributed by atoms with van der Waals surface area (Å²) in [6.45, 7) is 6.36. The minimum atomic E-state index is -0.653. The Morgan fingerprint density at radius 1 is 1.03 bits per heavy atom. The molecule has 1 N–H and O–H groups in total. The zero-order chi connectivity index (χ0) is 21.4. The maximum Gasteiger partial charge on any atom is 0.261 e. The Morgan fingerprint density at radius 2 is 1.72 bits per heavy atom. The summed E-state index contributed by atoms with van der Waals surface area (Å²) in [6, 6.07) is 13.4. The Balaban J connectivity index is 2.12. The van der Waals surface area contributed by atoms with Crippen molar-refractivity contribution >= 4 is 35.0 Å². The fourth-order valence-electron chi connectivity index (χ4n) is 2.61. The van der Waals surface area contributed by atoms with E-state index < -0.39 is 6.04 Å². The molecule has 7 heteroatoms. The van der Waals surface area contributed by atoms with Crippen LogP contribution in [0.5, 0.6) is 5.75 Å². The van der Waals surface area contributed by atoms with Crippen LogP contribution in [0.4, 0.5) is 0 Å². The van der Waals surface area contributed by atoms with Crippen LogP contribution in [-0.2, 0) is 16.1 Å². The van der Waals surface area contributed by atoms with Gasteiger partial charge in [-0.05, 0) is 48.7 Å². The molecule has 2 aromatic rings. The highest BCUT2D eigenvalue weighted by Crippen LogP contribution is 2.18. The molecule has 1 atom stereocenters. The molecule has 0 heterocycles. The van der Waals surface area contributed by atoms with Crippen molar-refractivity contribution < 1.29 is 14.3 Å². The van der Waals surface area contributed by atoms with E-state index in [0.717, 1.165) is 5.56 Å². The number of carbonyl (C=O) groups is 2. The maximum atomic E-state index is 12.9. The van der Waals surface area contributed by atoms with Gasteiger partial charge in [0.1, 0.15) is 11.8 Å². The zero-order valence-electron chi connectivity index (χ0n) is 16.8. The number of amides is 2. The minimum Gasteiger partial charge on any atom is -0.484 e. The first kappa shape index (κ1) is 23.0. The van der Waals surface area contributed by atoms with Crippen molar-refractivity contribution in [3.63, 3.8) is 0 Å². The molecule has 2 rings (SSSR count). The molecule has 0 fully saturated rings. The molecular formula is C22H26Cl2N2O3. The number of hydrogen-bond donors (Lipinski definition) is 1. The summed E-state index contributed by atoms with van der Waals surface area (Å²) < 4.78 is 5.59. The van der Waals surface area contributed by atoms with Gasteiger partial charge in [0.15, 0.2) is 6.61 Å². The van der Waals surface area contributed by atoms with Crippen LogP contribution in [0.25, 0.3) is 0 Å². The number of carbonyl (C=O) groups excluding carboxylic acids is 2. The van der Waals surface area contributed by atoms with E-state index in [1.165, 1.54) is 4.90 Å². The largest absolute Gasteiger partial charge is 0.484 e. The van der Waals surface area contributed by atoms with E-state index in [1.807, 2.05) is 26.0 Å². The Hall–Kier alpha value is -2.24. The topological polar surface area (TPSA) is 58.6 Å². The van der Waals surface area contributed by atoms with Gasteiger partial charge in [0, 0.05) is 23.1 Å². The minimum absolute atomic E-state index is 0.199.